The van der Waals surface area contributed by atoms with Crippen LogP contribution in [0.25, 0.3) is 6.08 Å². The molecule has 0 bridgehead atoms. The van der Waals surface area contributed by atoms with Crippen LogP contribution in [0.3, 0.4) is 0 Å². The minimum atomic E-state index is -1.16. The number of nitrogens with zero attached hydrogens (tertiary/aromatic N) is 1. The number of benzene rings is 5. The van der Waals surface area contributed by atoms with Crippen LogP contribution >= 0.6 is 23.4 Å². The van der Waals surface area contributed by atoms with Crippen molar-refractivity contribution in [3.8, 4) is 0 Å². The smallest absolute Gasteiger partial charge is 0.335 e. The normalized spacial score (nSPS) is 11.6. The summed E-state index contributed by atoms with van der Waals surface area (Å²) in [7, 11) is 0. The molecule has 5 rings (SSSR count). The first-order chi connectivity index (χ1) is 24.1. The van der Waals surface area contributed by atoms with Crippen LogP contribution in [0, 0.1) is 10.1 Å². The van der Waals surface area contributed by atoms with Crippen molar-refractivity contribution in [1.82, 2.24) is 5.32 Å². The molecule has 0 spiro atoms. The molecule has 0 fully saturated rings. The molecule has 50 heavy (non-hydrogen) atoms. The molecule has 0 aliphatic rings. The molecular formula is C37H27ClN4O7S. The molecule has 250 valence electrons. The highest BCUT2D eigenvalue weighted by molar-refractivity contribution is 8.00. The van der Waals surface area contributed by atoms with Crippen molar-refractivity contribution in [2.75, 3.05) is 10.6 Å². The second kappa shape index (κ2) is 16.2. The highest BCUT2D eigenvalue weighted by Crippen LogP contribution is 2.37. The van der Waals surface area contributed by atoms with E-state index in [2.05, 4.69) is 16.0 Å². The van der Waals surface area contributed by atoms with Crippen LogP contribution in [-0.4, -0.2) is 33.7 Å². The first kappa shape index (κ1) is 35.1. The lowest BCUT2D eigenvalue weighted by Crippen LogP contribution is -2.30. The van der Waals surface area contributed by atoms with E-state index in [0.717, 1.165) is 0 Å². The van der Waals surface area contributed by atoms with Crippen molar-refractivity contribution in [2.45, 2.75) is 10.1 Å². The van der Waals surface area contributed by atoms with Gasteiger partial charge in [0.15, 0.2) is 0 Å². The fourth-order valence-corrected chi connectivity index (χ4v) is 5.80. The first-order valence-corrected chi connectivity index (χ1v) is 16.1. The summed E-state index contributed by atoms with van der Waals surface area (Å²) in [6.07, 6.45) is 1.41. The molecule has 0 saturated heterocycles. The number of rotatable bonds is 12. The number of thioether (sulfide) groups is 1. The summed E-state index contributed by atoms with van der Waals surface area (Å²) in [5.74, 6) is -2.76. The summed E-state index contributed by atoms with van der Waals surface area (Å²) in [5, 5.41) is 28.0. The second-order valence-corrected chi connectivity index (χ2v) is 12.2. The van der Waals surface area contributed by atoms with Gasteiger partial charge in [0.25, 0.3) is 17.5 Å². The van der Waals surface area contributed by atoms with Gasteiger partial charge in [-0.1, -0.05) is 60.1 Å². The Morgan fingerprint density at radius 2 is 1.42 bits per heavy atom. The minimum absolute atomic E-state index is 0.0309. The first-order valence-electron chi connectivity index (χ1n) is 14.9. The van der Waals surface area contributed by atoms with Crippen molar-refractivity contribution in [3.05, 3.63) is 170 Å². The van der Waals surface area contributed by atoms with Gasteiger partial charge in [-0.3, -0.25) is 24.5 Å². The number of amides is 3. The van der Waals surface area contributed by atoms with Crippen LogP contribution in [0.4, 0.5) is 17.1 Å². The number of anilines is 2. The molecule has 1 unspecified atom stereocenters. The van der Waals surface area contributed by atoms with Crippen molar-refractivity contribution in [2.24, 2.45) is 0 Å². The average Bonchev–Trinajstić information content (AvgIpc) is 3.12. The number of non-ortho nitro benzene ring substituents is 1. The van der Waals surface area contributed by atoms with Gasteiger partial charge >= 0.3 is 5.97 Å². The largest absolute Gasteiger partial charge is 0.478 e. The van der Waals surface area contributed by atoms with E-state index in [1.165, 1.54) is 60.3 Å². The number of nitro groups is 1. The van der Waals surface area contributed by atoms with Crippen LogP contribution in [0.15, 0.2) is 138 Å². The summed E-state index contributed by atoms with van der Waals surface area (Å²) in [5.41, 5.74) is 1.76. The fourth-order valence-electron chi connectivity index (χ4n) is 4.61. The monoisotopic (exact) mass is 706 g/mol. The second-order valence-electron chi connectivity index (χ2n) is 10.6. The number of hydrogen-bond acceptors (Lipinski definition) is 7. The van der Waals surface area contributed by atoms with Crippen molar-refractivity contribution >= 4 is 70.2 Å². The lowest BCUT2D eigenvalue weighted by atomic mass is 10.1. The van der Waals surface area contributed by atoms with E-state index >= 15 is 0 Å². The van der Waals surface area contributed by atoms with Gasteiger partial charge in [-0.15, -0.1) is 11.8 Å². The quantitative estimate of drug-likeness (QED) is 0.0441. The van der Waals surface area contributed by atoms with Crippen LogP contribution < -0.4 is 16.0 Å². The third-order valence-electron chi connectivity index (χ3n) is 7.12. The summed E-state index contributed by atoms with van der Waals surface area (Å²) in [6.45, 7) is 0. The Kier molecular flexibility index (Phi) is 11.4. The standard InChI is InChI=1S/C37H27ClN4O7S/c38-30-20-13-26(37(46)47)22-31(30)40-36(45)33(24-7-3-1-4-8-24)50-29-18-14-27(15-19-29)39-35(44)32(41-34(43)25-9-5-2-6-10-25)21-23-11-16-28(17-12-23)42(48)49/h1-22,33H,(H,39,44)(H,40,45)(H,41,43)(H,46,47)/b32-21-. The van der Waals surface area contributed by atoms with E-state index in [1.807, 2.05) is 6.07 Å². The summed E-state index contributed by atoms with van der Waals surface area (Å²) in [6, 6.07) is 33.6. The molecule has 11 nitrogen and oxygen atoms in total. The summed E-state index contributed by atoms with van der Waals surface area (Å²) in [4.78, 5) is 62.7. The summed E-state index contributed by atoms with van der Waals surface area (Å²) >= 11 is 7.49. The van der Waals surface area contributed by atoms with Gasteiger partial charge in [-0.05, 0) is 83.9 Å². The Balaban J connectivity index is 1.34. The summed E-state index contributed by atoms with van der Waals surface area (Å²) < 4.78 is 0. The van der Waals surface area contributed by atoms with E-state index in [0.29, 0.717) is 27.3 Å². The number of carboxylic acids is 1. The van der Waals surface area contributed by atoms with Gasteiger partial charge in [0.05, 0.1) is 21.2 Å². The van der Waals surface area contributed by atoms with Crippen LogP contribution in [-0.2, 0) is 9.59 Å². The predicted octanol–water partition coefficient (Wildman–Crippen LogP) is 7.83. The maximum atomic E-state index is 13.6. The molecule has 4 N–H and O–H groups in total. The van der Waals surface area contributed by atoms with Gasteiger partial charge in [0.2, 0.25) is 5.91 Å². The minimum Gasteiger partial charge on any atom is -0.478 e. The molecule has 3 amide bonds. The van der Waals surface area contributed by atoms with Crippen molar-refractivity contribution in [3.63, 3.8) is 0 Å². The average molecular weight is 707 g/mol. The molecular weight excluding hydrogens is 680 g/mol. The van der Waals surface area contributed by atoms with Gasteiger partial charge in [-0.25, -0.2) is 4.79 Å². The van der Waals surface area contributed by atoms with Gasteiger partial charge in [0, 0.05) is 28.3 Å². The maximum Gasteiger partial charge on any atom is 0.335 e. The molecule has 0 saturated carbocycles. The third-order valence-corrected chi connectivity index (χ3v) is 8.72. The van der Waals surface area contributed by atoms with E-state index in [-0.39, 0.29) is 27.7 Å². The molecule has 0 heterocycles. The van der Waals surface area contributed by atoms with E-state index in [4.69, 9.17) is 11.6 Å². The Morgan fingerprint density at radius 1 is 0.780 bits per heavy atom. The maximum absolute atomic E-state index is 13.6. The molecule has 0 aliphatic heterocycles. The predicted molar refractivity (Wildman–Crippen MR) is 192 cm³/mol. The fraction of sp³-hybridized carbons (Fsp3) is 0.0270. The molecule has 0 aromatic heterocycles. The molecule has 0 radical (unpaired) electrons. The van der Waals surface area contributed by atoms with E-state index in [9.17, 15) is 34.4 Å². The highest BCUT2D eigenvalue weighted by atomic mass is 35.5. The number of aromatic carboxylic acids is 1. The zero-order chi connectivity index (χ0) is 35.6. The van der Waals surface area contributed by atoms with Gasteiger partial charge in [0.1, 0.15) is 10.9 Å². The van der Waals surface area contributed by atoms with Gasteiger partial charge < -0.3 is 21.1 Å². The number of hydrogen-bond donors (Lipinski definition) is 4. The molecule has 13 heteroatoms. The van der Waals surface area contributed by atoms with Crippen LogP contribution in [0.2, 0.25) is 5.02 Å². The molecule has 5 aromatic rings. The Hall–Kier alpha value is -6.24. The number of carboxylic acid groups (broad SMARTS) is 1. The Labute approximate surface area is 295 Å². The lowest BCUT2D eigenvalue weighted by Gasteiger charge is -2.18. The lowest BCUT2D eigenvalue weighted by molar-refractivity contribution is -0.384. The number of halogens is 1. The SMILES string of the molecule is O=C(Nc1ccc(SC(C(=O)Nc2cc(C(=O)O)ccc2Cl)c2ccccc2)cc1)/C(=C/c1ccc([N+](=O)[O-])cc1)NC(=O)c1ccccc1. The van der Waals surface area contributed by atoms with E-state index < -0.39 is 33.9 Å². The Morgan fingerprint density at radius 3 is 2.04 bits per heavy atom. The number of carbonyl (C=O) groups is 4. The van der Waals surface area contributed by atoms with Gasteiger partial charge in [-0.2, -0.15) is 0 Å². The van der Waals surface area contributed by atoms with Crippen molar-refractivity contribution in [1.29, 1.82) is 0 Å². The zero-order valence-corrected chi connectivity index (χ0v) is 27.5. The number of nitrogens with one attached hydrogen (secondary N) is 3. The highest BCUT2D eigenvalue weighted by Gasteiger charge is 2.24. The van der Waals surface area contributed by atoms with Crippen LogP contribution in [0.1, 0.15) is 37.1 Å². The van der Waals surface area contributed by atoms with E-state index in [1.54, 1.807) is 78.9 Å². The number of nitro benzene ring substituents is 1. The molecule has 5 aromatic carbocycles. The topological polar surface area (TPSA) is 168 Å². The molecule has 0 aliphatic carbocycles. The Bertz CT molecular complexity index is 2080. The number of carbonyl (C=O) groups excluding carboxylic acids is 3. The zero-order valence-electron chi connectivity index (χ0n) is 25.9. The van der Waals surface area contributed by atoms with Crippen molar-refractivity contribution < 1.29 is 29.2 Å². The third kappa shape index (κ3) is 9.22. The van der Waals surface area contributed by atoms with Crippen LogP contribution in [0.5, 0.6) is 0 Å². The molecule has 1 atom stereocenters.